The zero-order valence-corrected chi connectivity index (χ0v) is 12.0. The summed E-state index contributed by atoms with van der Waals surface area (Å²) in [6.45, 7) is 14.9. The predicted octanol–water partition coefficient (Wildman–Crippen LogP) is 5.20. The van der Waals surface area contributed by atoms with Gasteiger partial charge in [0.25, 0.3) is 0 Å². The van der Waals surface area contributed by atoms with Crippen molar-refractivity contribution in [2.24, 2.45) is 22.2 Å². The lowest BCUT2D eigenvalue weighted by atomic mass is 9.40. The van der Waals surface area contributed by atoms with Crippen LogP contribution in [0.2, 0.25) is 0 Å². The van der Waals surface area contributed by atoms with Crippen molar-refractivity contribution in [1.82, 2.24) is 0 Å². The molecule has 0 aliphatic heterocycles. The summed E-state index contributed by atoms with van der Waals surface area (Å²) in [5.74, 6) is 0.738. The molecule has 1 fully saturated rings. The molecule has 92 valence electrons. The third-order valence-electron chi connectivity index (χ3n) is 6.61. The summed E-state index contributed by atoms with van der Waals surface area (Å²) in [5.41, 5.74) is 3.09. The zero-order chi connectivity index (χ0) is 12.2. The van der Waals surface area contributed by atoms with Crippen molar-refractivity contribution in [2.75, 3.05) is 0 Å². The van der Waals surface area contributed by atoms with Crippen LogP contribution in [0.1, 0.15) is 67.2 Å². The molecule has 0 unspecified atom stereocenters. The van der Waals surface area contributed by atoms with Gasteiger partial charge in [-0.2, -0.15) is 0 Å². The van der Waals surface area contributed by atoms with Crippen molar-refractivity contribution >= 4 is 0 Å². The molecule has 0 aromatic carbocycles. The van der Waals surface area contributed by atoms with Crippen molar-refractivity contribution in [3.8, 4) is 0 Å². The fourth-order valence-electron chi connectivity index (χ4n) is 4.70. The van der Waals surface area contributed by atoms with E-state index in [4.69, 9.17) is 0 Å². The monoisotopic (exact) mass is 220 g/mol. The second kappa shape index (κ2) is 3.37. The SMILES string of the molecule is CC1=CC[C@]2(C)CCCC(C)(C)[C@]2(C)[C@H]1C. The van der Waals surface area contributed by atoms with Gasteiger partial charge in [-0.1, -0.05) is 52.7 Å². The molecule has 16 heavy (non-hydrogen) atoms. The highest BCUT2D eigenvalue weighted by Crippen LogP contribution is 2.67. The van der Waals surface area contributed by atoms with E-state index >= 15 is 0 Å². The molecule has 0 aromatic heterocycles. The minimum atomic E-state index is 0.469. The first-order valence-electron chi connectivity index (χ1n) is 6.91. The molecule has 0 aromatic rings. The number of allylic oxidation sites excluding steroid dienone is 2. The smallest absolute Gasteiger partial charge is 0.0155 e. The van der Waals surface area contributed by atoms with Crippen molar-refractivity contribution in [3.05, 3.63) is 11.6 Å². The summed E-state index contributed by atoms with van der Waals surface area (Å²) < 4.78 is 0. The van der Waals surface area contributed by atoms with Crippen LogP contribution in [0.5, 0.6) is 0 Å². The van der Waals surface area contributed by atoms with Gasteiger partial charge in [-0.3, -0.25) is 0 Å². The number of fused-ring (bicyclic) bond motifs is 1. The van der Waals surface area contributed by atoms with E-state index in [1.54, 1.807) is 5.57 Å². The van der Waals surface area contributed by atoms with Gasteiger partial charge < -0.3 is 0 Å². The number of hydrogen-bond donors (Lipinski definition) is 0. The van der Waals surface area contributed by atoms with Crippen LogP contribution >= 0.6 is 0 Å². The summed E-state index contributed by atoms with van der Waals surface area (Å²) in [4.78, 5) is 0. The molecule has 0 saturated heterocycles. The van der Waals surface area contributed by atoms with Gasteiger partial charge in [-0.25, -0.2) is 0 Å². The summed E-state index contributed by atoms with van der Waals surface area (Å²) in [5, 5.41) is 0. The lowest BCUT2D eigenvalue weighted by Crippen LogP contribution is -2.56. The van der Waals surface area contributed by atoms with E-state index in [2.05, 4.69) is 47.6 Å². The van der Waals surface area contributed by atoms with Crippen LogP contribution in [0, 0.1) is 22.2 Å². The Morgan fingerprint density at radius 1 is 1.12 bits per heavy atom. The lowest BCUT2D eigenvalue weighted by Gasteiger charge is -2.64. The second-order valence-electron chi connectivity index (χ2n) is 7.37. The predicted molar refractivity (Wildman–Crippen MR) is 71.4 cm³/mol. The molecule has 3 atom stereocenters. The van der Waals surface area contributed by atoms with Gasteiger partial charge in [0.05, 0.1) is 0 Å². The first-order chi connectivity index (χ1) is 7.25. The van der Waals surface area contributed by atoms with E-state index in [9.17, 15) is 0 Å². The lowest BCUT2D eigenvalue weighted by molar-refractivity contribution is -0.124. The standard InChI is InChI=1S/C16H28/c1-12-8-11-15(5)10-7-9-14(3,4)16(15,6)13(12)2/h8,13H,7,9-11H2,1-6H3/t13-,15-,16-/m0/s1. The van der Waals surface area contributed by atoms with Crippen LogP contribution < -0.4 is 0 Å². The first kappa shape index (κ1) is 12.2. The highest BCUT2D eigenvalue weighted by molar-refractivity contribution is 5.21. The molecule has 0 heteroatoms. The van der Waals surface area contributed by atoms with Gasteiger partial charge in [0.1, 0.15) is 0 Å². The minimum Gasteiger partial charge on any atom is -0.0848 e. The van der Waals surface area contributed by atoms with Gasteiger partial charge >= 0.3 is 0 Å². The molecule has 0 amide bonds. The van der Waals surface area contributed by atoms with E-state index in [-0.39, 0.29) is 0 Å². The third kappa shape index (κ3) is 1.28. The van der Waals surface area contributed by atoms with Crippen molar-refractivity contribution in [3.63, 3.8) is 0 Å². The van der Waals surface area contributed by atoms with Crippen molar-refractivity contribution in [1.29, 1.82) is 0 Å². The van der Waals surface area contributed by atoms with Gasteiger partial charge in [0, 0.05) is 0 Å². The van der Waals surface area contributed by atoms with E-state index in [0.717, 1.165) is 5.92 Å². The molecular formula is C16H28. The Kier molecular flexibility index (Phi) is 2.57. The summed E-state index contributed by atoms with van der Waals surface area (Å²) in [6, 6.07) is 0. The molecule has 2 aliphatic carbocycles. The molecule has 0 bridgehead atoms. The van der Waals surface area contributed by atoms with Crippen LogP contribution in [0.3, 0.4) is 0 Å². The highest BCUT2D eigenvalue weighted by atomic mass is 14.6. The molecule has 0 nitrogen and oxygen atoms in total. The Labute approximate surface area is 102 Å². The Hall–Kier alpha value is -0.260. The molecule has 0 heterocycles. The van der Waals surface area contributed by atoms with E-state index in [1.165, 1.54) is 25.7 Å². The topological polar surface area (TPSA) is 0 Å². The largest absolute Gasteiger partial charge is 0.0848 e. The summed E-state index contributed by atoms with van der Waals surface area (Å²) >= 11 is 0. The molecule has 2 rings (SSSR count). The van der Waals surface area contributed by atoms with E-state index < -0.39 is 0 Å². The van der Waals surface area contributed by atoms with Crippen molar-refractivity contribution < 1.29 is 0 Å². The average molecular weight is 220 g/mol. The van der Waals surface area contributed by atoms with Crippen LogP contribution in [-0.2, 0) is 0 Å². The summed E-state index contributed by atoms with van der Waals surface area (Å²) in [6.07, 6.45) is 8.04. The molecular weight excluding hydrogens is 192 g/mol. The normalized spacial score (nSPS) is 47.1. The molecule has 0 spiro atoms. The van der Waals surface area contributed by atoms with E-state index in [0.29, 0.717) is 16.2 Å². The van der Waals surface area contributed by atoms with Gasteiger partial charge in [0.15, 0.2) is 0 Å². The van der Waals surface area contributed by atoms with Crippen LogP contribution in [0.25, 0.3) is 0 Å². The van der Waals surface area contributed by atoms with Crippen LogP contribution in [0.4, 0.5) is 0 Å². The molecule has 1 saturated carbocycles. The van der Waals surface area contributed by atoms with Gasteiger partial charge in [-0.15, -0.1) is 0 Å². The maximum atomic E-state index is 2.56. The Bertz CT molecular complexity index is 323. The van der Waals surface area contributed by atoms with Crippen molar-refractivity contribution in [2.45, 2.75) is 67.2 Å². The highest BCUT2D eigenvalue weighted by Gasteiger charge is 2.59. The number of hydrogen-bond acceptors (Lipinski definition) is 0. The second-order valence-corrected chi connectivity index (χ2v) is 7.37. The van der Waals surface area contributed by atoms with Gasteiger partial charge in [0.2, 0.25) is 0 Å². The zero-order valence-electron chi connectivity index (χ0n) is 12.0. The Balaban J connectivity index is 2.54. The fraction of sp³-hybridized carbons (Fsp3) is 0.875. The summed E-state index contributed by atoms with van der Waals surface area (Å²) in [7, 11) is 0. The Morgan fingerprint density at radius 2 is 1.75 bits per heavy atom. The average Bonchev–Trinajstić information content (AvgIpc) is 2.19. The minimum absolute atomic E-state index is 0.469. The fourth-order valence-corrected chi connectivity index (χ4v) is 4.70. The van der Waals surface area contributed by atoms with Crippen LogP contribution in [-0.4, -0.2) is 0 Å². The Morgan fingerprint density at radius 3 is 2.38 bits per heavy atom. The first-order valence-corrected chi connectivity index (χ1v) is 6.91. The number of rotatable bonds is 0. The van der Waals surface area contributed by atoms with E-state index in [1.807, 2.05) is 0 Å². The van der Waals surface area contributed by atoms with Crippen LogP contribution in [0.15, 0.2) is 11.6 Å². The molecule has 0 radical (unpaired) electrons. The quantitative estimate of drug-likeness (QED) is 0.492. The maximum absolute atomic E-state index is 2.56. The van der Waals surface area contributed by atoms with Gasteiger partial charge in [-0.05, 0) is 48.3 Å². The maximum Gasteiger partial charge on any atom is -0.0155 e. The third-order valence-corrected chi connectivity index (χ3v) is 6.61. The molecule has 2 aliphatic rings. The molecule has 0 N–H and O–H groups in total.